The van der Waals surface area contributed by atoms with E-state index in [-0.39, 0.29) is 18.3 Å². The van der Waals surface area contributed by atoms with Crippen molar-refractivity contribution in [2.24, 2.45) is 0 Å². The Morgan fingerprint density at radius 2 is 1.85 bits per heavy atom. The number of nitriles is 1. The van der Waals surface area contributed by atoms with Gasteiger partial charge >= 0.3 is 0 Å². The topological polar surface area (TPSA) is 92.8 Å². The summed E-state index contributed by atoms with van der Waals surface area (Å²) < 4.78 is 7.92. The Kier molecular flexibility index (Phi) is 7.30. The molecule has 33 heavy (non-hydrogen) atoms. The van der Waals surface area contributed by atoms with Crippen LogP contribution < -0.4 is 10.1 Å². The Labute approximate surface area is 198 Å². The van der Waals surface area contributed by atoms with Gasteiger partial charge in [-0.2, -0.15) is 5.26 Å². The lowest BCUT2D eigenvalue weighted by molar-refractivity contribution is -0.120. The van der Waals surface area contributed by atoms with E-state index < -0.39 is 5.54 Å². The highest BCUT2D eigenvalue weighted by molar-refractivity contribution is 7.99. The van der Waals surface area contributed by atoms with Gasteiger partial charge < -0.3 is 10.1 Å². The highest BCUT2D eigenvalue weighted by Crippen LogP contribution is 2.28. The second kappa shape index (κ2) is 10.5. The Hall–Kier alpha value is -3.31. The molecule has 1 aliphatic rings. The SMILES string of the molecule is Cc1ccccc1OCc1nnc(SCC(=O)NC2(C#N)CCCCC2)n1-c1ccccc1. The van der Waals surface area contributed by atoms with Gasteiger partial charge in [0, 0.05) is 5.69 Å². The predicted octanol–water partition coefficient (Wildman–Crippen LogP) is 4.59. The highest BCUT2D eigenvalue weighted by atomic mass is 32.2. The van der Waals surface area contributed by atoms with Crippen molar-refractivity contribution < 1.29 is 9.53 Å². The summed E-state index contributed by atoms with van der Waals surface area (Å²) in [5.41, 5.74) is 1.20. The van der Waals surface area contributed by atoms with Crippen LogP contribution in [0, 0.1) is 18.3 Å². The van der Waals surface area contributed by atoms with E-state index in [0.717, 1.165) is 36.3 Å². The minimum absolute atomic E-state index is 0.160. The maximum absolute atomic E-state index is 12.7. The zero-order chi connectivity index (χ0) is 23.1. The average Bonchev–Trinajstić information content (AvgIpc) is 3.26. The summed E-state index contributed by atoms with van der Waals surface area (Å²) in [6, 6.07) is 19.9. The van der Waals surface area contributed by atoms with E-state index in [0.29, 0.717) is 23.8 Å². The standard InChI is InChI=1S/C25H27N5O2S/c1-19-10-6-7-13-21(19)32-16-22-28-29-24(30(22)20-11-4-2-5-12-20)33-17-23(31)27-25(18-26)14-8-3-9-15-25/h2,4-7,10-13H,3,8-9,14-17H2,1H3,(H,27,31). The smallest absolute Gasteiger partial charge is 0.231 e. The number of amides is 1. The lowest BCUT2D eigenvalue weighted by Crippen LogP contribution is -2.49. The monoisotopic (exact) mass is 461 g/mol. The molecule has 0 atom stereocenters. The van der Waals surface area contributed by atoms with Gasteiger partial charge in [-0.25, -0.2) is 0 Å². The summed E-state index contributed by atoms with van der Waals surface area (Å²) in [5.74, 6) is 1.44. The van der Waals surface area contributed by atoms with Gasteiger partial charge in [0.1, 0.15) is 17.9 Å². The quantitative estimate of drug-likeness (QED) is 0.493. The van der Waals surface area contributed by atoms with Crippen LogP contribution in [0.25, 0.3) is 5.69 Å². The number of benzene rings is 2. The average molecular weight is 462 g/mol. The van der Waals surface area contributed by atoms with Crippen molar-refractivity contribution in [1.29, 1.82) is 5.26 Å². The number of nitrogens with one attached hydrogen (secondary N) is 1. The predicted molar refractivity (Wildman–Crippen MR) is 127 cm³/mol. The first-order valence-electron chi connectivity index (χ1n) is 11.1. The number of aryl methyl sites for hydroxylation is 1. The van der Waals surface area contributed by atoms with Crippen LogP contribution in [0.15, 0.2) is 59.8 Å². The highest BCUT2D eigenvalue weighted by Gasteiger charge is 2.33. The van der Waals surface area contributed by atoms with Gasteiger partial charge in [0.25, 0.3) is 0 Å². The molecule has 7 nitrogen and oxygen atoms in total. The summed E-state index contributed by atoms with van der Waals surface area (Å²) in [6.07, 6.45) is 4.46. The Balaban J connectivity index is 1.49. The number of hydrogen-bond donors (Lipinski definition) is 1. The molecule has 1 N–H and O–H groups in total. The van der Waals surface area contributed by atoms with Crippen molar-refractivity contribution in [3.05, 3.63) is 66.0 Å². The number of thioether (sulfide) groups is 1. The summed E-state index contributed by atoms with van der Waals surface area (Å²) in [5, 5.41) is 21.9. The molecule has 1 saturated carbocycles. The molecule has 2 aromatic carbocycles. The van der Waals surface area contributed by atoms with Crippen LogP contribution in [0.5, 0.6) is 5.75 Å². The lowest BCUT2D eigenvalue weighted by Gasteiger charge is -2.31. The largest absolute Gasteiger partial charge is 0.485 e. The third-order valence-electron chi connectivity index (χ3n) is 5.80. The number of ether oxygens (including phenoxy) is 1. The van der Waals surface area contributed by atoms with Crippen molar-refractivity contribution in [2.75, 3.05) is 5.75 Å². The fourth-order valence-electron chi connectivity index (χ4n) is 4.04. The molecular formula is C25H27N5O2S. The molecule has 3 aromatic rings. The number of carbonyl (C=O) groups is 1. The molecular weight excluding hydrogens is 434 g/mol. The summed E-state index contributed by atoms with van der Waals surface area (Å²) >= 11 is 1.31. The minimum Gasteiger partial charge on any atom is -0.485 e. The third kappa shape index (κ3) is 5.55. The third-order valence-corrected chi connectivity index (χ3v) is 6.73. The Bertz CT molecular complexity index is 1130. The molecule has 1 amide bonds. The molecule has 1 fully saturated rings. The molecule has 0 unspecified atom stereocenters. The van der Waals surface area contributed by atoms with Crippen LogP contribution in [-0.2, 0) is 11.4 Å². The number of para-hydroxylation sites is 2. The molecule has 1 heterocycles. The van der Waals surface area contributed by atoms with Crippen molar-refractivity contribution in [2.45, 2.75) is 56.3 Å². The van der Waals surface area contributed by atoms with E-state index in [4.69, 9.17) is 4.74 Å². The number of carbonyl (C=O) groups excluding carboxylic acids is 1. The van der Waals surface area contributed by atoms with Crippen LogP contribution >= 0.6 is 11.8 Å². The van der Waals surface area contributed by atoms with Gasteiger partial charge in [-0.05, 0) is 43.5 Å². The van der Waals surface area contributed by atoms with E-state index in [1.165, 1.54) is 11.8 Å². The second-order valence-electron chi connectivity index (χ2n) is 8.22. The Morgan fingerprint density at radius 3 is 2.58 bits per heavy atom. The van der Waals surface area contributed by atoms with E-state index in [1.807, 2.05) is 66.1 Å². The molecule has 0 saturated heterocycles. The second-order valence-corrected chi connectivity index (χ2v) is 9.16. The van der Waals surface area contributed by atoms with Crippen molar-refractivity contribution in [1.82, 2.24) is 20.1 Å². The maximum Gasteiger partial charge on any atom is 0.231 e. The lowest BCUT2D eigenvalue weighted by atomic mass is 9.83. The van der Waals surface area contributed by atoms with Gasteiger partial charge in [0.2, 0.25) is 5.91 Å². The van der Waals surface area contributed by atoms with Crippen molar-refractivity contribution in [3.63, 3.8) is 0 Å². The van der Waals surface area contributed by atoms with Gasteiger partial charge in [0.05, 0.1) is 11.8 Å². The molecule has 1 aliphatic carbocycles. The zero-order valence-electron chi connectivity index (χ0n) is 18.7. The maximum atomic E-state index is 12.7. The summed E-state index contributed by atoms with van der Waals surface area (Å²) in [4.78, 5) is 12.7. The van der Waals surface area contributed by atoms with Crippen LogP contribution in [0.4, 0.5) is 0 Å². The van der Waals surface area contributed by atoms with E-state index in [2.05, 4.69) is 21.6 Å². The number of rotatable bonds is 8. The van der Waals surface area contributed by atoms with Crippen molar-refractivity contribution >= 4 is 17.7 Å². The molecule has 0 spiro atoms. The fourth-order valence-corrected chi connectivity index (χ4v) is 4.81. The number of hydrogen-bond acceptors (Lipinski definition) is 6. The minimum atomic E-state index is -0.741. The van der Waals surface area contributed by atoms with Gasteiger partial charge in [-0.1, -0.05) is 67.4 Å². The molecule has 1 aromatic heterocycles. The van der Waals surface area contributed by atoms with Crippen LogP contribution in [-0.4, -0.2) is 32.0 Å². The molecule has 0 radical (unpaired) electrons. The zero-order valence-corrected chi connectivity index (χ0v) is 19.5. The van der Waals surface area contributed by atoms with Crippen LogP contribution in [0.3, 0.4) is 0 Å². The molecule has 0 bridgehead atoms. The summed E-state index contributed by atoms with van der Waals surface area (Å²) in [6.45, 7) is 2.24. The summed E-state index contributed by atoms with van der Waals surface area (Å²) in [7, 11) is 0. The van der Waals surface area contributed by atoms with Crippen molar-refractivity contribution in [3.8, 4) is 17.5 Å². The van der Waals surface area contributed by atoms with E-state index in [9.17, 15) is 10.1 Å². The Morgan fingerprint density at radius 1 is 1.12 bits per heavy atom. The molecule has 4 rings (SSSR count). The first-order chi connectivity index (χ1) is 16.1. The van der Waals surface area contributed by atoms with Crippen LogP contribution in [0.2, 0.25) is 0 Å². The fraction of sp³-hybridized carbons (Fsp3) is 0.360. The normalized spacial score (nSPS) is 14.9. The molecule has 0 aliphatic heterocycles. The first-order valence-corrected chi connectivity index (χ1v) is 12.1. The van der Waals surface area contributed by atoms with Gasteiger partial charge in [-0.3, -0.25) is 9.36 Å². The van der Waals surface area contributed by atoms with E-state index >= 15 is 0 Å². The molecule has 170 valence electrons. The van der Waals surface area contributed by atoms with E-state index in [1.54, 1.807) is 0 Å². The molecule has 8 heteroatoms. The van der Waals surface area contributed by atoms with Gasteiger partial charge in [0.15, 0.2) is 11.0 Å². The number of nitrogens with zero attached hydrogens (tertiary/aromatic N) is 4. The van der Waals surface area contributed by atoms with Crippen LogP contribution in [0.1, 0.15) is 43.5 Å². The first kappa shape index (κ1) is 22.9. The van der Waals surface area contributed by atoms with Gasteiger partial charge in [-0.15, -0.1) is 10.2 Å². The number of aromatic nitrogens is 3.